The minimum absolute atomic E-state index is 0.188. The van der Waals surface area contributed by atoms with E-state index in [-0.39, 0.29) is 5.97 Å². The molecule has 0 saturated heterocycles. The zero-order valence-electron chi connectivity index (χ0n) is 10.8. The highest BCUT2D eigenvalue weighted by atomic mass is 16.5. The molecule has 3 nitrogen and oxygen atoms in total. The SMILES string of the molecule is CCOC(=O)CC12C=CC=NC1=Cc1ccccc12. The summed E-state index contributed by atoms with van der Waals surface area (Å²) in [5, 5.41) is 0. The van der Waals surface area contributed by atoms with Gasteiger partial charge < -0.3 is 4.74 Å². The highest BCUT2D eigenvalue weighted by Crippen LogP contribution is 2.47. The number of esters is 1. The van der Waals surface area contributed by atoms with Gasteiger partial charge in [0.25, 0.3) is 0 Å². The second kappa shape index (κ2) is 4.50. The van der Waals surface area contributed by atoms with Crippen molar-refractivity contribution < 1.29 is 9.53 Å². The van der Waals surface area contributed by atoms with E-state index in [1.54, 1.807) is 6.21 Å². The molecule has 1 aliphatic heterocycles. The third-order valence-electron chi connectivity index (χ3n) is 3.60. The number of benzene rings is 1. The molecule has 19 heavy (non-hydrogen) atoms. The summed E-state index contributed by atoms with van der Waals surface area (Å²) >= 11 is 0. The summed E-state index contributed by atoms with van der Waals surface area (Å²) in [4.78, 5) is 16.4. The van der Waals surface area contributed by atoms with Gasteiger partial charge in [0.05, 0.1) is 24.1 Å². The van der Waals surface area contributed by atoms with E-state index >= 15 is 0 Å². The standard InChI is InChI=1S/C16H15NO2/c1-2-19-15(18)11-16-8-5-9-17-14(16)10-12-6-3-4-7-13(12)16/h3-10H,2,11H2,1H3. The first-order valence-corrected chi connectivity index (χ1v) is 6.45. The normalized spacial score (nSPS) is 22.7. The van der Waals surface area contributed by atoms with E-state index in [1.165, 1.54) is 0 Å². The Morgan fingerprint density at radius 2 is 2.21 bits per heavy atom. The number of aliphatic imine (C=N–C) groups is 1. The Balaban J connectivity index is 2.06. The molecular weight excluding hydrogens is 238 g/mol. The number of carbonyl (C=O) groups excluding carboxylic acids is 1. The summed E-state index contributed by atoms with van der Waals surface area (Å²) in [6, 6.07) is 8.10. The van der Waals surface area contributed by atoms with E-state index in [9.17, 15) is 4.79 Å². The number of nitrogens with zero attached hydrogens (tertiary/aromatic N) is 1. The Kier molecular flexibility index (Phi) is 2.82. The zero-order chi connectivity index (χ0) is 13.3. The number of ether oxygens (including phenoxy) is 1. The monoisotopic (exact) mass is 253 g/mol. The summed E-state index contributed by atoms with van der Waals surface area (Å²) in [5.41, 5.74) is 2.73. The number of dihydropyridines is 1. The van der Waals surface area contributed by atoms with Crippen LogP contribution in [0.3, 0.4) is 0 Å². The fourth-order valence-electron chi connectivity index (χ4n) is 2.79. The Bertz CT molecular complexity index is 613. The molecule has 1 aromatic carbocycles. The van der Waals surface area contributed by atoms with Gasteiger partial charge in [-0.05, 0) is 30.2 Å². The molecule has 0 saturated carbocycles. The average molecular weight is 253 g/mol. The minimum atomic E-state index is -0.447. The molecule has 1 unspecified atom stereocenters. The van der Waals surface area contributed by atoms with Gasteiger partial charge in [-0.15, -0.1) is 0 Å². The molecule has 0 amide bonds. The van der Waals surface area contributed by atoms with Crippen LogP contribution < -0.4 is 0 Å². The highest BCUT2D eigenvalue weighted by molar-refractivity contribution is 5.85. The maximum atomic E-state index is 11.9. The van der Waals surface area contributed by atoms with Crippen molar-refractivity contribution in [2.45, 2.75) is 18.8 Å². The summed E-state index contributed by atoms with van der Waals surface area (Å²) in [6.07, 6.45) is 8.07. The second-order valence-electron chi connectivity index (χ2n) is 4.71. The number of fused-ring (bicyclic) bond motifs is 3. The second-order valence-corrected chi connectivity index (χ2v) is 4.71. The van der Waals surface area contributed by atoms with Gasteiger partial charge in [-0.2, -0.15) is 0 Å². The average Bonchev–Trinajstić information content (AvgIpc) is 2.73. The van der Waals surface area contributed by atoms with Crippen LogP contribution in [0.1, 0.15) is 24.5 Å². The van der Waals surface area contributed by atoms with Crippen LogP contribution >= 0.6 is 0 Å². The van der Waals surface area contributed by atoms with Crippen molar-refractivity contribution >= 4 is 18.3 Å². The number of hydrogen-bond acceptors (Lipinski definition) is 3. The lowest BCUT2D eigenvalue weighted by molar-refractivity contribution is -0.143. The predicted molar refractivity (Wildman–Crippen MR) is 75.0 cm³/mol. The van der Waals surface area contributed by atoms with E-state index in [1.807, 2.05) is 25.1 Å². The molecule has 0 radical (unpaired) electrons. The van der Waals surface area contributed by atoms with Gasteiger partial charge in [0.1, 0.15) is 0 Å². The summed E-state index contributed by atoms with van der Waals surface area (Å²) < 4.78 is 5.11. The van der Waals surface area contributed by atoms with E-state index in [4.69, 9.17) is 4.74 Å². The van der Waals surface area contributed by atoms with Gasteiger partial charge in [0, 0.05) is 6.21 Å². The van der Waals surface area contributed by atoms with Crippen molar-refractivity contribution in [2.24, 2.45) is 4.99 Å². The van der Waals surface area contributed by atoms with Crippen LogP contribution in [-0.2, 0) is 14.9 Å². The number of hydrogen-bond donors (Lipinski definition) is 0. The number of rotatable bonds is 3. The molecular formula is C16H15NO2. The Labute approximate surface area is 112 Å². The van der Waals surface area contributed by atoms with Gasteiger partial charge in [0.15, 0.2) is 0 Å². The maximum Gasteiger partial charge on any atom is 0.307 e. The largest absolute Gasteiger partial charge is 0.466 e. The Hall–Kier alpha value is -2.16. The van der Waals surface area contributed by atoms with Crippen molar-refractivity contribution in [1.29, 1.82) is 0 Å². The minimum Gasteiger partial charge on any atom is -0.466 e. The highest BCUT2D eigenvalue weighted by Gasteiger charge is 2.42. The van der Waals surface area contributed by atoms with Crippen LogP contribution in [0.4, 0.5) is 0 Å². The molecule has 1 heterocycles. The molecule has 0 spiro atoms. The van der Waals surface area contributed by atoms with Crippen LogP contribution in [-0.4, -0.2) is 18.8 Å². The first-order chi connectivity index (χ1) is 9.26. The van der Waals surface area contributed by atoms with Crippen LogP contribution in [0.2, 0.25) is 0 Å². The van der Waals surface area contributed by atoms with Crippen molar-refractivity contribution in [3.8, 4) is 0 Å². The quantitative estimate of drug-likeness (QED) is 0.777. The van der Waals surface area contributed by atoms with E-state index in [0.29, 0.717) is 13.0 Å². The lowest BCUT2D eigenvalue weighted by Gasteiger charge is -2.29. The molecule has 1 atom stereocenters. The molecule has 3 heteroatoms. The van der Waals surface area contributed by atoms with Gasteiger partial charge in [0.2, 0.25) is 0 Å². The Morgan fingerprint density at radius 1 is 1.37 bits per heavy atom. The zero-order valence-corrected chi connectivity index (χ0v) is 10.8. The Morgan fingerprint density at radius 3 is 3.05 bits per heavy atom. The molecule has 3 rings (SSSR count). The van der Waals surface area contributed by atoms with Crippen molar-refractivity contribution in [2.75, 3.05) is 6.61 Å². The lowest BCUT2D eigenvalue weighted by atomic mass is 9.76. The third-order valence-corrected chi connectivity index (χ3v) is 3.60. The van der Waals surface area contributed by atoms with Crippen LogP contribution in [0.15, 0.2) is 47.1 Å². The van der Waals surface area contributed by atoms with E-state index in [0.717, 1.165) is 16.8 Å². The van der Waals surface area contributed by atoms with Crippen LogP contribution in [0.25, 0.3) is 6.08 Å². The lowest BCUT2D eigenvalue weighted by Crippen LogP contribution is -2.29. The fourth-order valence-corrected chi connectivity index (χ4v) is 2.79. The topological polar surface area (TPSA) is 38.7 Å². The molecule has 0 aromatic heterocycles. The predicted octanol–water partition coefficient (Wildman–Crippen LogP) is 2.87. The summed E-state index contributed by atoms with van der Waals surface area (Å²) in [7, 11) is 0. The van der Waals surface area contributed by atoms with E-state index < -0.39 is 5.41 Å². The van der Waals surface area contributed by atoms with Crippen molar-refractivity contribution in [1.82, 2.24) is 0 Å². The molecule has 0 bridgehead atoms. The first kappa shape index (κ1) is 11.9. The van der Waals surface area contributed by atoms with E-state index in [2.05, 4.69) is 29.3 Å². The third kappa shape index (κ3) is 1.82. The van der Waals surface area contributed by atoms with Gasteiger partial charge >= 0.3 is 5.97 Å². The van der Waals surface area contributed by atoms with Crippen molar-refractivity contribution in [3.63, 3.8) is 0 Å². The number of carbonyl (C=O) groups is 1. The van der Waals surface area contributed by atoms with Gasteiger partial charge in [-0.3, -0.25) is 9.79 Å². The molecule has 2 aliphatic rings. The molecule has 0 N–H and O–H groups in total. The first-order valence-electron chi connectivity index (χ1n) is 6.45. The number of allylic oxidation sites excluding steroid dienone is 2. The molecule has 1 aliphatic carbocycles. The van der Waals surface area contributed by atoms with Crippen LogP contribution in [0.5, 0.6) is 0 Å². The molecule has 96 valence electrons. The summed E-state index contributed by atoms with van der Waals surface area (Å²) in [5.74, 6) is -0.188. The van der Waals surface area contributed by atoms with Gasteiger partial charge in [-0.25, -0.2) is 0 Å². The van der Waals surface area contributed by atoms with Crippen molar-refractivity contribution in [3.05, 3.63) is 53.2 Å². The van der Waals surface area contributed by atoms with Gasteiger partial charge in [-0.1, -0.05) is 30.3 Å². The molecule has 1 aromatic rings. The fraction of sp³-hybridized carbons (Fsp3) is 0.250. The summed E-state index contributed by atoms with van der Waals surface area (Å²) in [6.45, 7) is 2.23. The molecule has 0 fully saturated rings. The van der Waals surface area contributed by atoms with Crippen LogP contribution in [0, 0.1) is 0 Å². The maximum absolute atomic E-state index is 11.9. The smallest absolute Gasteiger partial charge is 0.307 e.